The monoisotopic (exact) mass is 290 g/mol. The molecule has 0 saturated carbocycles. The van der Waals surface area contributed by atoms with Gasteiger partial charge in [-0.25, -0.2) is 0 Å². The average molecular weight is 290 g/mol. The van der Waals surface area contributed by atoms with E-state index in [9.17, 15) is 4.79 Å². The number of anilines is 2. The predicted molar refractivity (Wildman–Crippen MR) is 82.7 cm³/mol. The third-order valence-corrected chi connectivity index (χ3v) is 3.73. The Morgan fingerprint density at radius 3 is 2.80 bits per heavy atom. The van der Waals surface area contributed by atoms with Crippen molar-refractivity contribution in [2.45, 2.75) is 17.7 Å². The third kappa shape index (κ3) is 4.62. The quantitative estimate of drug-likeness (QED) is 0.487. The SMILES string of the molecule is Cn1cc(SCCCC(=O)Nc2ccc(N)cc2)cn1. The first-order chi connectivity index (χ1) is 9.63. The number of aryl methyl sites for hydroxylation is 1. The number of carbonyl (C=O) groups is 1. The molecule has 0 bridgehead atoms. The summed E-state index contributed by atoms with van der Waals surface area (Å²) in [4.78, 5) is 12.9. The average Bonchev–Trinajstić information content (AvgIpc) is 2.83. The van der Waals surface area contributed by atoms with Gasteiger partial charge in [0, 0.05) is 35.9 Å². The van der Waals surface area contributed by atoms with Crippen LogP contribution in [0.15, 0.2) is 41.6 Å². The van der Waals surface area contributed by atoms with E-state index in [2.05, 4.69) is 10.4 Å². The maximum Gasteiger partial charge on any atom is 0.224 e. The van der Waals surface area contributed by atoms with Crippen molar-refractivity contribution in [2.24, 2.45) is 7.05 Å². The summed E-state index contributed by atoms with van der Waals surface area (Å²) >= 11 is 1.71. The number of carbonyl (C=O) groups excluding carboxylic acids is 1. The van der Waals surface area contributed by atoms with Crippen LogP contribution in [0, 0.1) is 0 Å². The second-order valence-electron chi connectivity index (χ2n) is 4.47. The summed E-state index contributed by atoms with van der Waals surface area (Å²) < 4.78 is 1.77. The molecule has 0 spiro atoms. The summed E-state index contributed by atoms with van der Waals surface area (Å²) in [6, 6.07) is 7.15. The Morgan fingerprint density at radius 1 is 1.40 bits per heavy atom. The highest BCUT2D eigenvalue weighted by Crippen LogP contribution is 2.18. The molecule has 0 atom stereocenters. The van der Waals surface area contributed by atoms with Gasteiger partial charge < -0.3 is 11.1 Å². The molecule has 2 rings (SSSR count). The fourth-order valence-electron chi connectivity index (χ4n) is 1.69. The van der Waals surface area contributed by atoms with Gasteiger partial charge in [-0.05, 0) is 36.4 Å². The molecule has 1 heterocycles. The standard InChI is InChI=1S/C14H18N4OS/c1-18-10-13(9-16-18)20-8-2-3-14(19)17-12-6-4-11(15)5-7-12/h4-7,9-10H,2-3,8,15H2,1H3,(H,17,19). The van der Waals surface area contributed by atoms with Crippen LogP contribution in [0.1, 0.15) is 12.8 Å². The van der Waals surface area contributed by atoms with Gasteiger partial charge in [-0.15, -0.1) is 11.8 Å². The van der Waals surface area contributed by atoms with Gasteiger partial charge in [0.15, 0.2) is 0 Å². The minimum absolute atomic E-state index is 0.0292. The van der Waals surface area contributed by atoms with Crippen molar-refractivity contribution >= 4 is 29.0 Å². The van der Waals surface area contributed by atoms with Crippen LogP contribution < -0.4 is 11.1 Å². The maximum atomic E-state index is 11.7. The van der Waals surface area contributed by atoms with Crippen LogP contribution in [0.2, 0.25) is 0 Å². The fourth-order valence-corrected chi connectivity index (χ4v) is 2.56. The number of amides is 1. The molecule has 20 heavy (non-hydrogen) atoms. The first-order valence-electron chi connectivity index (χ1n) is 6.40. The molecule has 1 amide bonds. The molecule has 0 saturated heterocycles. The number of nitrogens with one attached hydrogen (secondary N) is 1. The van der Waals surface area contributed by atoms with Gasteiger partial charge in [-0.3, -0.25) is 9.48 Å². The van der Waals surface area contributed by atoms with E-state index in [1.54, 1.807) is 40.7 Å². The Hall–Kier alpha value is -1.95. The van der Waals surface area contributed by atoms with Gasteiger partial charge in [0.05, 0.1) is 6.20 Å². The lowest BCUT2D eigenvalue weighted by molar-refractivity contribution is -0.116. The fraction of sp³-hybridized carbons (Fsp3) is 0.286. The Balaban J connectivity index is 1.66. The highest BCUT2D eigenvalue weighted by molar-refractivity contribution is 7.99. The zero-order valence-corrected chi connectivity index (χ0v) is 12.2. The number of nitrogens with two attached hydrogens (primary N) is 1. The highest BCUT2D eigenvalue weighted by atomic mass is 32.2. The van der Waals surface area contributed by atoms with Crippen molar-refractivity contribution in [3.63, 3.8) is 0 Å². The number of thioether (sulfide) groups is 1. The van der Waals surface area contributed by atoms with E-state index in [4.69, 9.17) is 5.73 Å². The zero-order valence-electron chi connectivity index (χ0n) is 11.4. The second-order valence-corrected chi connectivity index (χ2v) is 5.64. The van der Waals surface area contributed by atoms with E-state index in [1.807, 2.05) is 19.4 Å². The lowest BCUT2D eigenvalue weighted by atomic mass is 10.2. The molecule has 5 nitrogen and oxygen atoms in total. The van der Waals surface area contributed by atoms with Crippen molar-refractivity contribution in [1.29, 1.82) is 0 Å². The van der Waals surface area contributed by atoms with Crippen LogP contribution in [0.5, 0.6) is 0 Å². The summed E-state index contributed by atoms with van der Waals surface area (Å²) in [6.07, 6.45) is 5.15. The molecule has 1 aromatic carbocycles. The number of hydrogen-bond donors (Lipinski definition) is 2. The van der Waals surface area contributed by atoms with Crippen molar-refractivity contribution in [2.75, 3.05) is 16.8 Å². The van der Waals surface area contributed by atoms with Gasteiger partial charge in [0.1, 0.15) is 0 Å². The van der Waals surface area contributed by atoms with Gasteiger partial charge >= 0.3 is 0 Å². The summed E-state index contributed by atoms with van der Waals surface area (Å²) in [7, 11) is 1.89. The van der Waals surface area contributed by atoms with Crippen molar-refractivity contribution in [3.05, 3.63) is 36.7 Å². The number of hydrogen-bond acceptors (Lipinski definition) is 4. The summed E-state index contributed by atoms with van der Waals surface area (Å²) in [5.74, 6) is 0.933. The Kier molecular flexibility index (Phi) is 5.06. The van der Waals surface area contributed by atoms with E-state index < -0.39 is 0 Å². The van der Waals surface area contributed by atoms with Crippen molar-refractivity contribution < 1.29 is 4.79 Å². The first kappa shape index (κ1) is 14.5. The molecule has 1 aromatic heterocycles. The van der Waals surface area contributed by atoms with Crippen molar-refractivity contribution in [3.8, 4) is 0 Å². The number of nitrogens with zero attached hydrogens (tertiary/aromatic N) is 2. The van der Waals surface area contributed by atoms with Gasteiger partial charge in [-0.2, -0.15) is 5.10 Å². The lowest BCUT2D eigenvalue weighted by Crippen LogP contribution is -2.11. The maximum absolute atomic E-state index is 11.7. The molecule has 3 N–H and O–H groups in total. The lowest BCUT2D eigenvalue weighted by Gasteiger charge is -2.05. The normalized spacial score (nSPS) is 10.4. The number of benzene rings is 1. The smallest absolute Gasteiger partial charge is 0.224 e. The predicted octanol–water partition coefficient (Wildman–Crippen LogP) is 2.51. The minimum Gasteiger partial charge on any atom is -0.399 e. The molecule has 0 unspecified atom stereocenters. The van der Waals surface area contributed by atoms with Crippen molar-refractivity contribution in [1.82, 2.24) is 9.78 Å². The van der Waals surface area contributed by atoms with E-state index in [0.717, 1.165) is 22.8 Å². The summed E-state index contributed by atoms with van der Waals surface area (Å²) in [5.41, 5.74) is 7.06. The topological polar surface area (TPSA) is 72.9 Å². The van der Waals surface area contributed by atoms with Gasteiger partial charge in [-0.1, -0.05) is 0 Å². The van der Waals surface area contributed by atoms with Crippen LogP contribution in [0.4, 0.5) is 11.4 Å². The Bertz CT molecular complexity index is 565. The van der Waals surface area contributed by atoms with Crippen LogP contribution in [-0.2, 0) is 11.8 Å². The van der Waals surface area contributed by atoms with Crippen LogP contribution in [-0.4, -0.2) is 21.4 Å². The number of nitrogen functional groups attached to an aromatic ring is 1. The first-order valence-corrected chi connectivity index (χ1v) is 7.39. The summed E-state index contributed by atoms with van der Waals surface area (Å²) in [5, 5.41) is 6.95. The zero-order chi connectivity index (χ0) is 14.4. The number of aromatic nitrogens is 2. The second kappa shape index (κ2) is 7.00. The van der Waals surface area contributed by atoms with Gasteiger partial charge in [0.2, 0.25) is 5.91 Å². The largest absolute Gasteiger partial charge is 0.399 e. The molecule has 2 aromatic rings. The highest BCUT2D eigenvalue weighted by Gasteiger charge is 2.03. The van der Waals surface area contributed by atoms with Crippen LogP contribution in [0.3, 0.4) is 0 Å². The molecule has 0 fully saturated rings. The molecule has 6 heteroatoms. The van der Waals surface area contributed by atoms with E-state index in [1.165, 1.54) is 0 Å². The van der Waals surface area contributed by atoms with E-state index in [-0.39, 0.29) is 5.91 Å². The molecule has 0 aliphatic heterocycles. The molecule has 0 aliphatic carbocycles. The van der Waals surface area contributed by atoms with Gasteiger partial charge in [0.25, 0.3) is 0 Å². The van der Waals surface area contributed by atoms with Crippen LogP contribution >= 0.6 is 11.8 Å². The molecular weight excluding hydrogens is 272 g/mol. The number of rotatable bonds is 6. The minimum atomic E-state index is 0.0292. The molecule has 0 aliphatic rings. The summed E-state index contributed by atoms with van der Waals surface area (Å²) in [6.45, 7) is 0. The molecular formula is C14H18N4OS. The third-order valence-electron chi connectivity index (χ3n) is 2.69. The Morgan fingerprint density at radius 2 is 2.15 bits per heavy atom. The van der Waals surface area contributed by atoms with Crippen LogP contribution in [0.25, 0.3) is 0 Å². The molecule has 106 valence electrons. The van der Waals surface area contributed by atoms with E-state index >= 15 is 0 Å². The Labute approximate surface area is 122 Å². The molecule has 0 radical (unpaired) electrons. The van der Waals surface area contributed by atoms with E-state index in [0.29, 0.717) is 12.1 Å².